The van der Waals surface area contributed by atoms with Gasteiger partial charge in [-0.05, 0) is 26.3 Å². The molecule has 0 bridgehead atoms. The fraction of sp³-hybridized carbons (Fsp3) is 0.400. The number of para-hydroxylation sites is 1. The molecule has 0 radical (unpaired) electrons. The minimum atomic E-state index is -0.598. The molecule has 20 heavy (non-hydrogen) atoms. The Kier molecular flexibility index (Phi) is 3.88. The quantitative estimate of drug-likeness (QED) is 0.279. The summed E-state index contributed by atoms with van der Waals surface area (Å²) in [7, 11) is 0. The minimum Gasteiger partial charge on any atom is -0.425 e. The zero-order valence-corrected chi connectivity index (χ0v) is 11.8. The van der Waals surface area contributed by atoms with Crippen molar-refractivity contribution in [2.75, 3.05) is 6.54 Å². The summed E-state index contributed by atoms with van der Waals surface area (Å²) in [4.78, 5) is 22.7. The number of carbonyl (C=O) groups is 1. The Morgan fingerprint density at radius 1 is 1.45 bits per heavy atom. The molecule has 1 aromatic rings. The Bertz CT molecular complexity index is 588. The maximum atomic E-state index is 12.1. The van der Waals surface area contributed by atoms with Gasteiger partial charge in [0.25, 0.3) is 0 Å². The molecular formula is C15H17NO4. The minimum absolute atomic E-state index is 0.278. The monoisotopic (exact) mass is 275 g/mol. The fourth-order valence-corrected chi connectivity index (χ4v) is 2.55. The van der Waals surface area contributed by atoms with Crippen LogP contribution < -0.4 is 4.74 Å². The van der Waals surface area contributed by atoms with Crippen molar-refractivity contribution in [2.45, 2.75) is 26.7 Å². The van der Waals surface area contributed by atoms with Crippen LogP contribution in [0.4, 0.5) is 0 Å². The first-order valence-electron chi connectivity index (χ1n) is 6.48. The van der Waals surface area contributed by atoms with Gasteiger partial charge in [-0.25, -0.2) is 0 Å². The van der Waals surface area contributed by atoms with Crippen LogP contribution in [0.15, 0.2) is 29.8 Å². The number of carbonyl (C=O) groups excluding carboxylic acids is 1. The lowest BCUT2D eigenvalue weighted by Crippen LogP contribution is -2.34. The lowest BCUT2D eigenvalue weighted by molar-refractivity contribution is -0.484. The first kappa shape index (κ1) is 14.2. The van der Waals surface area contributed by atoms with Crippen molar-refractivity contribution in [1.29, 1.82) is 0 Å². The average molecular weight is 275 g/mol. The molecule has 0 aliphatic carbocycles. The maximum Gasteiger partial charge on any atom is 0.319 e. The molecule has 1 aliphatic heterocycles. The van der Waals surface area contributed by atoms with Crippen LogP contribution in [0.3, 0.4) is 0 Å². The molecule has 0 saturated heterocycles. The first-order chi connectivity index (χ1) is 9.40. The zero-order chi connectivity index (χ0) is 14.9. The highest BCUT2D eigenvalue weighted by Crippen LogP contribution is 2.40. The van der Waals surface area contributed by atoms with Crippen LogP contribution in [0.25, 0.3) is 0 Å². The highest BCUT2D eigenvalue weighted by atomic mass is 16.6. The van der Waals surface area contributed by atoms with E-state index in [1.165, 1.54) is 0 Å². The van der Waals surface area contributed by atoms with E-state index in [0.29, 0.717) is 5.75 Å². The molecule has 0 fully saturated rings. The Balaban J connectivity index is 2.54. The molecule has 1 aliphatic rings. The number of nitro groups is 1. The van der Waals surface area contributed by atoms with E-state index in [4.69, 9.17) is 4.74 Å². The van der Waals surface area contributed by atoms with Gasteiger partial charge in [0.2, 0.25) is 6.54 Å². The Morgan fingerprint density at radius 3 is 2.75 bits per heavy atom. The fourth-order valence-electron chi connectivity index (χ4n) is 2.55. The standard InChI is InChI=1S/C15H17NO4/c1-9(2)7-12-13(8-16(18)19)11-6-4-5-10(3)14(11)20-15(12)17/h4-7,12-13H,8H2,1-3H3/t12-,13-/m0/s1. The van der Waals surface area contributed by atoms with Gasteiger partial charge in [0, 0.05) is 10.5 Å². The Morgan fingerprint density at radius 2 is 2.15 bits per heavy atom. The third kappa shape index (κ3) is 2.71. The van der Waals surface area contributed by atoms with Crippen molar-refractivity contribution in [3.63, 3.8) is 0 Å². The second-order valence-electron chi connectivity index (χ2n) is 5.31. The predicted octanol–water partition coefficient (Wildman–Crippen LogP) is 2.86. The molecule has 0 saturated carbocycles. The molecule has 5 heteroatoms. The van der Waals surface area contributed by atoms with Gasteiger partial charge in [-0.2, -0.15) is 0 Å². The lowest BCUT2D eigenvalue weighted by atomic mass is 9.82. The molecule has 5 nitrogen and oxygen atoms in total. The Labute approximate surface area is 117 Å². The number of benzene rings is 1. The van der Waals surface area contributed by atoms with Crippen molar-refractivity contribution in [3.05, 3.63) is 51.1 Å². The number of fused-ring (bicyclic) bond motifs is 1. The number of hydrogen-bond donors (Lipinski definition) is 0. The highest BCUT2D eigenvalue weighted by Gasteiger charge is 2.39. The molecule has 1 aromatic carbocycles. The van der Waals surface area contributed by atoms with Crippen LogP contribution in [-0.2, 0) is 4.79 Å². The van der Waals surface area contributed by atoms with Gasteiger partial charge >= 0.3 is 5.97 Å². The van der Waals surface area contributed by atoms with Gasteiger partial charge in [0.1, 0.15) is 5.75 Å². The molecule has 0 aromatic heterocycles. The van der Waals surface area contributed by atoms with Crippen molar-refractivity contribution < 1.29 is 14.5 Å². The number of esters is 1. The summed E-state index contributed by atoms with van der Waals surface area (Å²) in [6, 6.07) is 5.46. The van der Waals surface area contributed by atoms with Gasteiger partial charge in [0.15, 0.2) is 0 Å². The van der Waals surface area contributed by atoms with E-state index in [1.54, 1.807) is 12.1 Å². The van der Waals surface area contributed by atoms with E-state index >= 15 is 0 Å². The van der Waals surface area contributed by atoms with E-state index in [0.717, 1.165) is 16.7 Å². The second kappa shape index (κ2) is 5.45. The molecule has 1 heterocycles. The summed E-state index contributed by atoms with van der Waals surface area (Å²) in [6.45, 7) is 5.28. The number of nitrogens with zero attached hydrogens (tertiary/aromatic N) is 1. The Hall–Kier alpha value is -2.17. The van der Waals surface area contributed by atoms with Crippen LogP contribution in [-0.4, -0.2) is 17.4 Å². The summed E-state index contributed by atoms with van der Waals surface area (Å²) in [5.41, 5.74) is 2.50. The molecule has 0 unspecified atom stereocenters. The van der Waals surface area contributed by atoms with E-state index in [2.05, 4.69) is 0 Å². The largest absolute Gasteiger partial charge is 0.425 e. The number of allylic oxidation sites excluding steroid dienone is 1. The molecule has 2 atom stereocenters. The van der Waals surface area contributed by atoms with Gasteiger partial charge in [-0.3, -0.25) is 14.9 Å². The molecule has 106 valence electrons. The second-order valence-corrected chi connectivity index (χ2v) is 5.31. The first-order valence-corrected chi connectivity index (χ1v) is 6.48. The summed E-state index contributed by atoms with van der Waals surface area (Å²) < 4.78 is 5.38. The predicted molar refractivity (Wildman–Crippen MR) is 74.3 cm³/mol. The van der Waals surface area contributed by atoms with Crippen LogP contribution in [0.1, 0.15) is 30.9 Å². The number of aryl methyl sites for hydroxylation is 1. The van der Waals surface area contributed by atoms with Crippen molar-refractivity contribution in [2.24, 2.45) is 5.92 Å². The maximum absolute atomic E-state index is 12.1. The van der Waals surface area contributed by atoms with Gasteiger partial charge in [0.05, 0.1) is 11.8 Å². The van der Waals surface area contributed by atoms with Crippen LogP contribution >= 0.6 is 0 Å². The van der Waals surface area contributed by atoms with Crippen molar-refractivity contribution in [3.8, 4) is 5.75 Å². The third-order valence-corrected chi connectivity index (χ3v) is 3.41. The van der Waals surface area contributed by atoms with E-state index in [9.17, 15) is 14.9 Å². The average Bonchev–Trinajstić information content (AvgIpc) is 2.34. The van der Waals surface area contributed by atoms with E-state index in [-0.39, 0.29) is 11.5 Å². The molecule has 0 amide bonds. The normalized spacial score (nSPS) is 20.9. The lowest BCUT2D eigenvalue weighted by Gasteiger charge is -2.29. The van der Waals surface area contributed by atoms with Crippen molar-refractivity contribution >= 4 is 5.97 Å². The van der Waals surface area contributed by atoms with E-state index in [1.807, 2.05) is 32.9 Å². The van der Waals surface area contributed by atoms with Gasteiger partial charge in [-0.15, -0.1) is 0 Å². The zero-order valence-electron chi connectivity index (χ0n) is 11.8. The van der Waals surface area contributed by atoms with Crippen LogP contribution in [0.5, 0.6) is 5.75 Å². The summed E-state index contributed by atoms with van der Waals surface area (Å²) in [6.07, 6.45) is 1.75. The number of hydrogen-bond acceptors (Lipinski definition) is 4. The molecule has 0 N–H and O–H groups in total. The molecule has 0 spiro atoms. The smallest absolute Gasteiger partial charge is 0.319 e. The third-order valence-electron chi connectivity index (χ3n) is 3.41. The topological polar surface area (TPSA) is 69.4 Å². The SMILES string of the molecule is CC(C)=C[C@@H]1C(=O)Oc2c(C)cccc2[C@@H]1C[N+](=O)[O-]. The van der Waals surface area contributed by atoms with Gasteiger partial charge < -0.3 is 4.74 Å². The van der Waals surface area contributed by atoms with Crippen LogP contribution in [0, 0.1) is 23.0 Å². The number of ether oxygens (including phenoxy) is 1. The summed E-state index contributed by atoms with van der Waals surface area (Å²) in [5, 5.41) is 10.9. The molecular weight excluding hydrogens is 258 g/mol. The van der Waals surface area contributed by atoms with Crippen molar-refractivity contribution in [1.82, 2.24) is 0 Å². The number of rotatable bonds is 3. The summed E-state index contributed by atoms with van der Waals surface area (Å²) in [5.74, 6) is -1.02. The molecule has 2 rings (SSSR count). The summed E-state index contributed by atoms with van der Waals surface area (Å²) >= 11 is 0. The highest BCUT2D eigenvalue weighted by molar-refractivity contribution is 5.81. The van der Waals surface area contributed by atoms with Crippen LogP contribution in [0.2, 0.25) is 0 Å². The van der Waals surface area contributed by atoms with E-state index < -0.39 is 17.8 Å². The van der Waals surface area contributed by atoms with Gasteiger partial charge in [-0.1, -0.05) is 29.8 Å².